The Morgan fingerprint density at radius 3 is 1.17 bits per heavy atom. The van der Waals surface area contributed by atoms with E-state index in [4.69, 9.17) is 28.0 Å². The normalized spacial score (nSPS) is 12.5. The lowest BCUT2D eigenvalue weighted by atomic mass is 10.2. The molecule has 0 radical (unpaired) electrons. The van der Waals surface area contributed by atoms with Crippen LogP contribution in [0, 0.1) is 25.5 Å². The molecule has 368 valence electrons. The van der Waals surface area contributed by atoms with Crippen molar-refractivity contribution in [3.63, 3.8) is 0 Å². The van der Waals surface area contributed by atoms with Gasteiger partial charge in [-0.2, -0.15) is 0 Å². The van der Waals surface area contributed by atoms with Gasteiger partial charge in [-0.15, -0.1) is 20.4 Å². The van der Waals surface area contributed by atoms with Gasteiger partial charge in [-0.1, -0.05) is 22.4 Å². The number of hydrogen-bond donors (Lipinski definition) is 0. The van der Waals surface area contributed by atoms with Crippen molar-refractivity contribution >= 4 is 19.7 Å². The van der Waals surface area contributed by atoms with Gasteiger partial charge in [0.15, 0.2) is 43.0 Å². The number of para-hydroxylation sites is 2. The molecule has 0 spiro atoms. The molecule has 2 atom stereocenters. The monoisotopic (exact) mass is 1000 g/mol. The molecule has 0 unspecified atom stereocenters. The topological polar surface area (TPSA) is 270 Å². The number of hydrogen-bond acceptors (Lipinski definition) is 20. The van der Waals surface area contributed by atoms with Crippen LogP contribution in [0.1, 0.15) is 48.5 Å². The summed E-state index contributed by atoms with van der Waals surface area (Å²) in [4.78, 5) is 15.4. The number of methoxy groups -OCH3 is 4. The predicted octanol–water partition coefficient (Wildman–Crippen LogP) is 5.45. The molecule has 6 aromatic heterocycles. The Labute approximate surface area is 399 Å². The number of rotatable bonds is 18. The largest absolute Gasteiger partial charge is 0.494 e. The molecule has 0 aliphatic rings. The molecule has 0 amide bonds. The highest BCUT2D eigenvalue weighted by Crippen LogP contribution is 2.38. The second-order valence-corrected chi connectivity index (χ2v) is 20.4. The highest BCUT2D eigenvalue weighted by Gasteiger charge is 2.32. The van der Waals surface area contributed by atoms with E-state index in [1.54, 1.807) is 62.4 Å². The van der Waals surface area contributed by atoms with E-state index in [9.17, 15) is 25.6 Å². The van der Waals surface area contributed by atoms with Crippen molar-refractivity contribution in [3.8, 4) is 57.5 Å². The first-order chi connectivity index (χ1) is 33.5. The van der Waals surface area contributed by atoms with Crippen molar-refractivity contribution in [2.24, 2.45) is 0 Å². The lowest BCUT2D eigenvalue weighted by molar-refractivity contribution is 0.389. The molecule has 0 aliphatic carbocycles. The van der Waals surface area contributed by atoms with Crippen LogP contribution < -0.4 is 18.9 Å². The first-order valence-electron chi connectivity index (χ1n) is 21.0. The van der Waals surface area contributed by atoms with Crippen LogP contribution in [-0.4, -0.2) is 116 Å². The van der Waals surface area contributed by atoms with Gasteiger partial charge < -0.3 is 28.0 Å². The van der Waals surface area contributed by atoms with Crippen LogP contribution in [0.5, 0.6) is 23.0 Å². The summed E-state index contributed by atoms with van der Waals surface area (Å²) in [7, 11) is -1.61. The van der Waals surface area contributed by atoms with Crippen LogP contribution >= 0.6 is 0 Å². The summed E-state index contributed by atoms with van der Waals surface area (Å²) < 4.78 is 115. The minimum atomic E-state index is -3.78. The van der Waals surface area contributed by atoms with Gasteiger partial charge >= 0.3 is 0 Å². The summed E-state index contributed by atoms with van der Waals surface area (Å²) in [6.07, 6.45) is 4.00. The molecule has 22 nitrogen and oxygen atoms in total. The maximum absolute atomic E-state index is 13.3. The Morgan fingerprint density at radius 2 is 0.886 bits per heavy atom. The zero-order chi connectivity index (χ0) is 50.3. The predicted molar refractivity (Wildman–Crippen MR) is 245 cm³/mol. The third-order valence-corrected chi connectivity index (χ3v) is 14.7. The van der Waals surface area contributed by atoms with Gasteiger partial charge in [-0.05, 0) is 52.0 Å². The lowest BCUT2D eigenvalue weighted by Crippen LogP contribution is -2.24. The molecule has 0 aliphatic heterocycles. The van der Waals surface area contributed by atoms with Crippen LogP contribution in [-0.2, 0) is 44.0 Å². The van der Waals surface area contributed by atoms with Crippen molar-refractivity contribution in [1.29, 1.82) is 0 Å². The van der Waals surface area contributed by atoms with Gasteiger partial charge in [0.05, 0.1) is 75.1 Å². The standard InChI is InChI=1S/2C22H23FN6O5S/c2*1-13-8-18(34-28-13)22-27-26-20(29(22)21-16(32-3)6-5-7-17(21)33-4)12-35(30,31)14(2)9-19-24-10-15(23)11-25-19/h2*5-8,10-11,14H,9,12H2,1-4H3/t2*14-/m10/s1. The SMILES string of the molecule is COc1cccc(OC)c1-n1c(CS(=O)(=O)[C@@H](C)Cc2ncc(F)cn2)nnc1-c1cc(C)no1.COc1cccc(OC)c1-n1c(CS(=O)(=O)[C@H](C)Cc2ncc(F)cn2)nnc1-c1cc(C)no1. The number of nitrogens with zero attached hydrogens (tertiary/aromatic N) is 12. The van der Waals surface area contributed by atoms with Crippen LogP contribution in [0.25, 0.3) is 34.5 Å². The van der Waals surface area contributed by atoms with Crippen molar-refractivity contribution < 1.29 is 53.6 Å². The second kappa shape index (κ2) is 21.3. The van der Waals surface area contributed by atoms with Gasteiger partial charge in [-0.3, -0.25) is 9.13 Å². The maximum Gasteiger partial charge on any atom is 0.207 e. The van der Waals surface area contributed by atoms with E-state index in [0.717, 1.165) is 24.8 Å². The smallest absolute Gasteiger partial charge is 0.207 e. The summed E-state index contributed by atoms with van der Waals surface area (Å²) >= 11 is 0. The van der Waals surface area contributed by atoms with Crippen LogP contribution in [0.2, 0.25) is 0 Å². The van der Waals surface area contributed by atoms with Crippen LogP contribution in [0.15, 0.2) is 82.4 Å². The molecule has 0 saturated heterocycles. The third-order valence-electron chi connectivity index (χ3n) is 10.6. The van der Waals surface area contributed by atoms with Gasteiger partial charge in [0, 0.05) is 25.0 Å². The zero-order valence-electron chi connectivity index (χ0n) is 38.9. The Kier molecular flexibility index (Phi) is 15.2. The molecule has 70 heavy (non-hydrogen) atoms. The van der Waals surface area contributed by atoms with Crippen molar-refractivity contribution in [3.05, 3.63) is 120 Å². The van der Waals surface area contributed by atoms with E-state index in [-0.39, 0.29) is 47.8 Å². The van der Waals surface area contributed by atoms with Gasteiger partial charge in [-0.25, -0.2) is 45.6 Å². The number of sulfone groups is 2. The highest BCUT2D eigenvalue weighted by molar-refractivity contribution is 7.91. The molecule has 8 aromatic rings. The van der Waals surface area contributed by atoms with Gasteiger partial charge in [0.2, 0.25) is 23.2 Å². The summed E-state index contributed by atoms with van der Waals surface area (Å²) in [5.74, 6) is 1.22. The Bertz CT molecular complexity index is 3050. The third kappa shape index (κ3) is 11.1. The first-order valence-corrected chi connectivity index (χ1v) is 24.4. The fraction of sp³-hybridized carbons (Fsp3) is 0.318. The van der Waals surface area contributed by atoms with Crippen molar-refractivity contribution in [1.82, 2.24) is 59.8 Å². The Balaban J connectivity index is 0.000000206. The van der Waals surface area contributed by atoms with Gasteiger partial charge in [0.1, 0.15) is 57.5 Å². The molecule has 0 fully saturated rings. The zero-order valence-corrected chi connectivity index (χ0v) is 40.6. The number of aryl methyl sites for hydroxylation is 2. The van der Waals surface area contributed by atoms with Crippen LogP contribution in [0.4, 0.5) is 8.78 Å². The fourth-order valence-corrected chi connectivity index (χ4v) is 9.42. The van der Waals surface area contributed by atoms with E-state index < -0.39 is 53.3 Å². The molecule has 0 saturated carbocycles. The Morgan fingerprint density at radius 1 is 0.557 bits per heavy atom. The van der Waals surface area contributed by atoms with E-state index in [0.29, 0.717) is 57.3 Å². The van der Waals surface area contributed by atoms with E-state index >= 15 is 0 Å². The van der Waals surface area contributed by atoms with E-state index in [2.05, 4.69) is 50.6 Å². The molecule has 0 N–H and O–H groups in total. The minimum Gasteiger partial charge on any atom is -0.494 e. The highest BCUT2D eigenvalue weighted by atomic mass is 32.2. The number of halogens is 2. The summed E-state index contributed by atoms with van der Waals surface area (Å²) in [5.41, 5.74) is 2.05. The Hall–Kier alpha value is -7.74. The average Bonchev–Trinajstić information content (AvgIpc) is 4.17. The molecular weight excluding hydrogens is 959 g/mol. The van der Waals surface area contributed by atoms with Gasteiger partial charge in [0.25, 0.3) is 0 Å². The molecular formula is C44H46F2N12O10S2. The molecule has 0 bridgehead atoms. The van der Waals surface area contributed by atoms with Crippen molar-refractivity contribution in [2.45, 2.75) is 62.5 Å². The number of ether oxygens (including phenoxy) is 4. The molecule has 26 heteroatoms. The summed E-state index contributed by atoms with van der Waals surface area (Å²) in [6, 6.07) is 13.6. The van der Waals surface area contributed by atoms with Crippen molar-refractivity contribution in [2.75, 3.05) is 28.4 Å². The minimum absolute atomic E-state index is 0.00286. The average molecular weight is 1010 g/mol. The summed E-state index contributed by atoms with van der Waals surface area (Å²) in [6.45, 7) is 6.57. The fourth-order valence-electron chi connectivity index (χ4n) is 6.95. The summed E-state index contributed by atoms with van der Waals surface area (Å²) in [5, 5.41) is 22.8. The molecule has 6 heterocycles. The van der Waals surface area contributed by atoms with E-state index in [1.807, 2.05) is 0 Å². The van der Waals surface area contributed by atoms with E-state index in [1.165, 1.54) is 51.4 Å². The van der Waals surface area contributed by atoms with Crippen LogP contribution in [0.3, 0.4) is 0 Å². The molecule has 2 aromatic carbocycles. The number of benzene rings is 2. The second-order valence-electron chi connectivity index (χ2n) is 15.5. The quantitative estimate of drug-likeness (QED) is 0.103. The maximum atomic E-state index is 13.3. The lowest BCUT2D eigenvalue weighted by Gasteiger charge is -2.17. The number of aromatic nitrogens is 12. The molecule has 8 rings (SSSR count). The first kappa shape index (κ1) is 50.1.